The number of hydrogen-bond donors (Lipinski definition) is 2. The first-order chi connectivity index (χ1) is 10.2. The molecule has 0 aromatic carbocycles. The molecule has 114 valence electrons. The number of rotatable bonds is 5. The lowest BCUT2D eigenvalue weighted by Gasteiger charge is -2.36. The van der Waals surface area contributed by atoms with Crippen LogP contribution in [-0.2, 0) is 9.59 Å². The van der Waals surface area contributed by atoms with E-state index in [0.717, 1.165) is 37.7 Å². The van der Waals surface area contributed by atoms with Gasteiger partial charge >= 0.3 is 0 Å². The third-order valence-electron chi connectivity index (χ3n) is 3.81. The van der Waals surface area contributed by atoms with Crippen molar-refractivity contribution in [1.29, 1.82) is 0 Å². The number of amides is 2. The Labute approximate surface area is 129 Å². The summed E-state index contributed by atoms with van der Waals surface area (Å²) in [7, 11) is 0. The van der Waals surface area contributed by atoms with Gasteiger partial charge in [0.2, 0.25) is 11.8 Å². The quantitative estimate of drug-likeness (QED) is 0.822. The molecule has 1 aromatic heterocycles. The van der Waals surface area contributed by atoms with E-state index in [1.54, 1.807) is 17.4 Å². The van der Waals surface area contributed by atoms with Gasteiger partial charge in [0.05, 0.1) is 0 Å². The van der Waals surface area contributed by atoms with Gasteiger partial charge in [-0.25, -0.2) is 0 Å². The molecule has 2 rings (SSSR count). The van der Waals surface area contributed by atoms with Gasteiger partial charge in [0.25, 0.3) is 0 Å². The maximum atomic E-state index is 12.3. The van der Waals surface area contributed by atoms with E-state index in [9.17, 15) is 9.59 Å². The Morgan fingerprint density at radius 2 is 2.10 bits per heavy atom. The van der Waals surface area contributed by atoms with Crippen LogP contribution in [0.4, 0.5) is 0 Å². The fourth-order valence-electron chi connectivity index (χ4n) is 2.71. The average molecular weight is 306 g/mol. The third kappa shape index (κ3) is 4.17. The lowest BCUT2D eigenvalue weighted by Crippen LogP contribution is -2.59. The summed E-state index contributed by atoms with van der Waals surface area (Å²) in [5, 5.41) is 9.74. The smallest absolute Gasteiger partial charge is 0.245 e. The highest BCUT2D eigenvalue weighted by Crippen LogP contribution is 2.28. The van der Waals surface area contributed by atoms with Gasteiger partial charge in [-0.2, -0.15) is 11.3 Å². The van der Waals surface area contributed by atoms with Crippen LogP contribution in [-0.4, -0.2) is 23.9 Å². The Kier molecular flexibility index (Phi) is 5.56. The molecule has 0 atom stereocenters. The van der Waals surface area contributed by atoms with Crippen LogP contribution in [0.1, 0.15) is 44.6 Å². The normalized spacial score (nSPS) is 17.6. The van der Waals surface area contributed by atoms with Crippen LogP contribution in [0.15, 0.2) is 22.9 Å². The lowest BCUT2D eigenvalue weighted by atomic mass is 9.80. The molecule has 1 aliphatic carbocycles. The van der Waals surface area contributed by atoms with Crippen molar-refractivity contribution >= 4 is 29.2 Å². The number of likely N-dealkylation sites (N-methyl/N-ethyl adjacent to an activating group) is 1. The minimum absolute atomic E-state index is 0.0537. The Morgan fingerprint density at radius 3 is 2.71 bits per heavy atom. The molecule has 4 nitrogen and oxygen atoms in total. The van der Waals surface area contributed by atoms with Crippen LogP contribution < -0.4 is 10.6 Å². The first-order valence-corrected chi connectivity index (χ1v) is 8.41. The first kappa shape index (κ1) is 15.8. The monoisotopic (exact) mass is 306 g/mol. The Balaban J connectivity index is 2.04. The summed E-state index contributed by atoms with van der Waals surface area (Å²) in [5.74, 6) is -0.253. The second kappa shape index (κ2) is 7.41. The van der Waals surface area contributed by atoms with E-state index in [2.05, 4.69) is 10.6 Å². The molecule has 0 radical (unpaired) electrons. The number of hydrogen-bond acceptors (Lipinski definition) is 3. The van der Waals surface area contributed by atoms with Crippen LogP contribution in [0.25, 0.3) is 6.08 Å². The van der Waals surface area contributed by atoms with Crippen molar-refractivity contribution in [3.8, 4) is 0 Å². The summed E-state index contributed by atoms with van der Waals surface area (Å²) in [6.45, 7) is 2.48. The Morgan fingerprint density at radius 1 is 1.33 bits per heavy atom. The third-order valence-corrected chi connectivity index (χ3v) is 4.51. The molecule has 0 aliphatic heterocycles. The van der Waals surface area contributed by atoms with Crippen LogP contribution >= 0.6 is 11.3 Å². The van der Waals surface area contributed by atoms with Gasteiger partial charge in [0.15, 0.2) is 0 Å². The van der Waals surface area contributed by atoms with E-state index in [4.69, 9.17) is 0 Å². The zero-order valence-corrected chi connectivity index (χ0v) is 13.2. The van der Waals surface area contributed by atoms with Crippen LogP contribution in [0.5, 0.6) is 0 Å². The summed E-state index contributed by atoms with van der Waals surface area (Å²) in [5.41, 5.74) is 0.274. The molecular formula is C16H22N2O2S. The van der Waals surface area contributed by atoms with Crippen molar-refractivity contribution in [3.05, 3.63) is 28.5 Å². The summed E-state index contributed by atoms with van der Waals surface area (Å²) >= 11 is 1.59. The molecule has 0 bridgehead atoms. The van der Waals surface area contributed by atoms with Crippen LogP contribution in [0.2, 0.25) is 0 Å². The first-order valence-electron chi connectivity index (χ1n) is 7.47. The highest BCUT2D eigenvalue weighted by atomic mass is 32.1. The maximum Gasteiger partial charge on any atom is 0.245 e. The van der Waals surface area contributed by atoms with Gasteiger partial charge in [-0.3, -0.25) is 9.59 Å². The van der Waals surface area contributed by atoms with E-state index in [1.807, 2.05) is 23.8 Å². The highest BCUT2D eigenvalue weighted by Gasteiger charge is 2.40. The van der Waals surface area contributed by atoms with Crippen LogP contribution in [0, 0.1) is 0 Å². The standard InChI is InChI=1S/C16H22N2O2S/c1-2-17-15(20)16(9-4-3-5-10-16)18-14(19)7-6-13-8-11-21-12-13/h6-8,11-12H,2-5,9-10H2,1H3,(H,17,20)(H,18,19)/b7-6+. The van der Waals surface area contributed by atoms with Crippen molar-refractivity contribution in [2.24, 2.45) is 0 Å². The van der Waals surface area contributed by atoms with E-state index < -0.39 is 5.54 Å². The van der Waals surface area contributed by atoms with Gasteiger partial charge < -0.3 is 10.6 Å². The summed E-state index contributed by atoms with van der Waals surface area (Å²) in [4.78, 5) is 24.5. The molecular weight excluding hydrogens is 284 g/mol. The molecule has 0 saturated heterocycles. The van der Waals surface area contributed by atoms with Crippen molar-refractivity contribution in [2.45, 2.75) is 44.6 Å². The van der Waals surface area contributed by atoms with E-state index in [-0.39, 0.29) is 11.8 Å². The molecule has 0 unspecified atom stereocenters. The molecule has 1 aliphatic rings. The van der Waals surface area contributed by atoms with Gasteiger partial charge in [-0.05, 0) is 48.2 Å². The molecule has 1 aromatic rings. The summed E-state index contributed by atoms with van der Waals surface area (Å²) in [6.07, 6.45) is 7.81. The van der Waals surface area contributed by atoms with Gasteiger partial charge in [0.1, 0.15) is 5.54 Å². The molecule has 1 heterocycles. The van der Waals surface area contributed by atoms with Crippen molar-refractivity contribution < 1.29 is 9.59 Å². The summed E-state index contributed by atoms with van der Waals surface area (Å²) < 4.78 is 0. The predicted octanol–water partition coefficient (Wildman–Crippen LogP) is 2.72. The van der Waals surface area contributed by atoms with Crippen molar-refractivity contribution in [1.82, 2.24) is 10.6 Å². The average Bonchev–Trinajstić information content (AvgIpc) is 3.00. The van der Waals surface area contributed by atoms with E-state index in [0.29, 0.717) is 6.54 Å². The van der Waals surface area contributed by atoms with Crippen molar-refractivity contribution in [2.75, 3.05) is 6.54 Å². The molecule has 2 N–H and O–H groups in total. The lowest BCUT2D eigenvalue weighted by molar-refractivity contribution is -0.133. The van der Waals surface area contributed by atoms with Gasteiger partial charge in [-0.15, -0.1) is 0 Å². The molecule has 5 heteroatoms. The zero-order chi connectivity index (χ0) is 15.1. The fourth-order valence-corrected chi connectivity index (χ4v) is 3.34. The fraction of sp³-hybridized carbons (Fsp3) is 0.500. The topological polar surface area (TPSA) is 58.2 Å². The second-order valence-electron chi connectivity index (χ2n) is 5.38. The molecule has 2 amide bonds. The number of carbonyl (C=O) groups is 2. The predicted molar refractivity (Wildman–Crippen MR) is 86.0 cm³/mol. The number of thiophene rings is 1. The zero-order valence-electron chi connectivity index (χ0n) is 12.4. The SMILES string of the molecule is CCNC(=O)C1(NC(=O)/C=C/c2ccsc2)CCCCC1. The van der Waals surface area contributed by atoms with Crippen molar-refractivity contribution in [3.63, 3.8) is 0 Å². The van der Waals surface area contributed by atoms with Crippen LogP contribution in [0.3, 0.4) is 0 Å². The number of nitrogens with one attached hydrogen (secondary N) is 2. The largest absolute Gasteiger partial charge is 0.354 e. The molecule has 1 saturated carbocycles. The summed E-state index contributed by atoms with van der Waals surface area (Å²) in [6, 6.07) is 1.95. The van der Waals surface area contributed by atoms with E-state index >= 15 is 0 Å². The Hall–Kier alpha value is -1.62. The Bertz CT molecular complexity index is 502. The molecule has 0 spiro atoms. The minimum Gasteiger partial charge on any atom is -0.354 e. The van der Waals surface area contributed by atoms with E-state index in [1.165, 1.54) is 6.08 Å². The van der Waals surface area contributed by atoms with Gasteiger partial charge in [0, 0.05) is 12.6 Å². The molecule has 21 heavy (non-hydrogen) atoms. The maximum absolute atomic E-state index is 12.3. The van der Waals surface area contributed by atoms with Gasteiger partial charge in [-0.1, -0.05) is 19.3 Å². The minimum atomic E-state index is -0.732. The number of carbonyl (C=O) groups excluding carboxylic acids is 2. The molecule has 1 fully saturated rings. The second-order valence-corrected chi connectivity index (χ2v) is 6.16. The highest BCUT2D eigenvalue weighted by molar-refractivity contribution is 7.08.